The van der Waals surface area contributed by atoms with E-state index in [0.29, 0.717) is 11.4 Å². The van der Waals surface area contributed by atoms with E-state index in [1.807, 2.05) is 37.6 Å². The smallest absolute Gasteiger partial charge is 0.226 e. The zero-order valence-electron chi connectivity index (χ0n) is 11.6. The molecule has 0 bridgehead atoms. The second kappa shape index (κ2) is 7.50. The van der Waals surface area contributed by atoms with Crippen LogP contribution in [0.5, 0.6) is 0 Å². The standard InChI is InChI=1S/C14H20N2OS2/c1-10(9-19-3)16(2)13(17)8-11-4-6-12(7-5-11)14(15)18/h4-7,10H,8-9H2,1-3H3,(H2,15,18). The molecule has 1 unspecified atom stereocenters. The molecule has 0 aliphatic rings. The minimum Gasteiger partial charge on any atom is -0.389 e. The molecular weight excluding hydrogens is 276 g/mol. The highest BCUT2D eigenvalue weighted by molar-refractivity contribution is 7.98. The van der Waals surface area contributed by atoms with Crippen molar-refractivity contribution in [2.75, 3.05) is 19.1 Å². The Balaban J connectivity index is 2.63. The molecule has 1 atom stereocenters. The van der Waals surface area contributed by atoms with Gasteiger partial charge in [0.2, 0.25) is 5.91 Å². The molecule has 0 aliphatic carbocycles. The lowest BCUT2D eigenvalue weighted by Gasteiger charge is -2.24. The van der Waals surface area contributed by atoms with Gasteiger partial charge in [0.1, 0.15) is 4.99 Å². The molecule has 0 fully saturated rings. The van der Waals surface area contributed by atoms with Crippen molar-refractivity contribution in [3.63, 3.8) is 0 Å². The maximum Gasteiger partial charge on any atom is 0.226 e. The molecule has 104 valence electrons. The number of benzene rings is 1. The molecule has 5 heteroatoms. The van der Waals surface area contributed by atoms with Gasteiger partial charge in [0.15, 0.2) is 0 Å². The first-order valence-corrected chi connectivity index (χ1v) is 7.89. The molecule has 19 heavy (non-hydrogen) atoms. The van der Waals surface area contributed by atoms with Gasteiger partial charge in [-0.3, -0.25) is 4.79 Å². The summed E-state index contributed by atoms with van der Waals surface area (Å²) in [7, 11) is 1.85. The number of nitrogens with zero attached hydrogens (tertiary/aromatic N) is 1. The van der Waals surface area contributed by atoms with Gasteiger partial charge in [-0.05, 0) is 18.7 Å². The monoisotopic (exact) mass is 296 g/mol. The van der Waals surface area contributed by atoms with Crippen LogP contribution in [0.1, 0.15) is 18.1 Å². The van der Waals surface area contributed by atoms with Crippen LogP contribution < -0.4 is 5.73 Å². The lowest BCUT2D eigenvalue weighted by molar-refractivity contribution is -0.130. The Labute approximate surface area is 124 Å². The average Bonchev–Trinajstić information content (AvgIpc) is 2.38. The van der Waals surface area contributed by atoms with Gasteiger partial charge in [0.25, 0.3) is 0 Å². The van der Waals surface area contributed by atoms with Crippen molar-refractivity contribution in [3.8, 4) is 0 Å². The van der Waals surface area contributed by atoms with Crippen LogP contribution in [-0.4, -0.2) is 40.9 Å². The van der Waals surface area contributed by atoms with E-state index < -0.39 is 0 Å². The number of amides is 1. The maximum atomic E-state index is 12.1. The number of nitrogens with two attached hydrogens (primary N) is 1. The van der Waals surface area contributed by atoms with Gasteiger partial charge in [-0.2, -0.15) is 11.8 Å². The van der Waals surface area contributed by atoms with Crippen LogP contribution in [0.2, 0.25) is 0 Å². The van der Waals surface area contributed by atoms with E-state index in [9.17, 15) is 4.79 Å². The topological polar surface area (TPSA) is 46.3 Å². The highest BCUT2D eigenvalue weighted by Gasteiger charge is 2.15. The Morgan fingerprint density at radius 1 is 1.42 bits per heavy atom. The molecule has 0 saturated heterocycles. The summed E-state index contributed by atoms with van der Waals surface area (Å²) in [6.07, 6.45) is 2.45. The summed E-state index contributed by atoms with van der Waals surface area (Å²) in [5.41, 5.74) is 7.35. The van der Waals surface area contributed by atoms with E-state index >= 15 is 0 Å². The van der Waals surface area contributed by atoms with E-state index in [-0.39, 0.29) is 11.9 Å². The Kier molecular flexibility index (Phi) is 6.31. The minimum absolute atomic E-state index is 0.129. The van der Waals surface area contributed by atoms with Gasteiger partial charge in [0, 0.05) is 24.4 Å². The Hall–Kier alpha value is -1.07. The summed E-state index contributed by atoms with van der Waals surface area (Å²) >= 11 is 6.64. The Morgan fingerprint density at radius 3 is 2.47 bits per heavy atom. The summed E-state index contributed by atoms with van der Waals surface area (Å²) in [6, 6.07) is 7.77. The largest absolute Gasteiger partial charge is 0.389 e. The van der Waals surface area contributed by atoms with Crippen molar-refractivity contribution in [2.24, 2.45) is 5.73 Å². The first kappa shape index (κ1) is 16.0. The number of carbonyl (C=O) groups is 1. The SMILES string of the molecule is CSCC(C)N(C)C(=O)Cc1ccc(C(N)=S)cc1. The van der Waals surface area contributed by atoms with E-state index in [1.54, 1.807) is 16.7 Å². The first-order valence-electron chi connectivity index (χ1n) is 6.09. The first-order chi connectivity index (χ1) is 8.95. The molecule has 1 rings (SSSR count). The Bertz CT molecular complexity index is 445. The predicted octanol–water partition coefficient (Wildman–Crippen LogP) is 2.07. The molecule has 0 radical (unpaired) electrons. The zero-order valence-corrected chi connectivity index (χ0v) is 13.2. The predicted molar refractivity (Wildman–Crippen MR) is 86.6 cm³/mol. The molecule has 2 N–H and O–H groups in total. The molecule has 0 heterocycles. The Morgan fingerprint density at radius 2 is 2.00 bits per heavy atom. The van der Waals surface area contributed by atoms with Gasteiger partial charge in [-0.15, -0.1) is 0 Å². The van der Waals surface area contributed by atoms with Crippen LogP contribution in [0, 0.1) is 0 Å². The van der Waals surface area contributed by atoms with Crippen molar-refractivity contribution >= 4 is 34.9 Å². The fraction of sp³-hybridized carbons (Fsp3) is 0.429. The summed E-state index contributed by atoms with van der Waals surface area (Å²) < 4.78 is 0. The summed E-state index contributed by atoms with van der Waals surface area (Å²) in [5.74, 6) is 1.08. The van der Waals surface area contributed by atoms with E-state index in [0.717, 1.165) is 16.9 Å². The second-order valence-electron chi connectivity index (χ2n) is 4.55. The summed E-state index contributed by atoms with van der Waals surface area (Å²) in [6.45, 7) is 2.06. The van der Waals surface area contributed by atoms with Crippen molar-refractivity contribution in [3.05, 3.63) is 35.4 Å². The number of thiocarbonyl (C=S) groups is 1. The lowest BCUT2D eigenvalue weighted by Crippen LogP contribution is -2.37. The number of hydrogen-bond donors (Lipinski definition) is 1. The van der Waals surface area contributed by atoms with Crippen LogP contribution in [-0.2, 0) is 11.2 Å². The number of rotatable bonds is 6. The molecule has 0 spiro atoms. The van der Waals surface area contributed by atoms with Crippen LogP contribution in [0.4, 0.5) is 0 Å². The molecule has 0 saturated carbocycles. The van der Waals surface area contributed by atoms with Crippen LogP contribution in [0.15, 0.2) is 24.3 Å². The number of carbonyl (C=O) groups excluding carboxylic acids is 1. The van der Waals surface area contributed by atoms with E-state index in [4.69, 9.17) is 18.0 Å². The maximum absolute atomic E-state index is 12.1. The zero-order chi connectivity index (χ0) is 14.4. The van der Waals surface area contributed by atoms with Gasteiger partial charge in [-0.1, -0.05) is 36.5 Å². The fourth-order valence-corrected chi connectivity index (χ4v) is 2.53. The molecular formula is C14H20N2OS2. The van der Waals surface area contributed by atoms with Gasteiger partial charge >= 0.3 is 0 Å². The van der Waals surface area contributed by atoms with Crippen LogP contribution in [0.25, 0.3) is 0 Å². The van der Waals surface area contributed by atoms with Gasteiger partial charge < -0.3 is 10.6 Å². The molecule has 1 aromatic carbocycles. The highest BCUT2D eigenvalue weighted by atomic mass is 32.2. The van der Waals surface area contributed by atoms with E-state index in [2.05, 4.69) is 6.92 Å². The third-order valence-electron chi connectivity index (χ3n) is 3.06. The molecule has 1 amide bonds. The van der Waals surface area contributed by atoms with Crippen LogP contribution >= 0.6 is 24.0 Å². The summed E-state index contributed by atoms with van der Waals surface area (Å²) in [5, 5.41) is 0. The third kappa shape index (κ3) is 4.84. The minimum atomic E-state index is 0.129. The van der Waals surface area contributed by atoms with Crippen molar-refractivity contribution in [2.45, 2.75) is 19.4 Å². The van der Waals surface area contributed by atoms with Gasteiger partial charge in [0.05, 0.1) is 6.42 Å². The number of thioether (sulfide) groups is 1. The highest BCUT2D eigenvalue weighted by Crippen LogP contribution is 2.09. The lowest BCUT2D eigenvalue weighted by atomic mass is 10.1. The van der Waals surface area contributed by atoms with Gasteiger partial charge in [-0.25, -0.2) is 0 Å². The molecule has 0 aliphatic heterocycles. The van der Waals surface area contributed by atoms with Crippen molar-refractivity contribution < 1.29 is 4.79 Å². The van der Waals surface area contributed by atoms with E-state index in [1.165, 1.54) is 0 Å². The number of likely N-dealkylation sites (N-methyl/N-ethyl adjacent to an activating group) is 1. The van der Waals surface area contributed by atoms with Crippen molar-refractivity contribution in [1.82, 2.24) is 4.90 Å². The van der Waals surface area contributed by atoms with Crippen LogP contribution in [0.3, 0.4) is 0 Å². The normalized spacial score (nSPS) is 11.9. The van der Waals surface area contributed by atoms with Crippen molar-refractivity contribution in [1.29, 1.82) is 0 Å². The second-order valence-corrected chi connectivity index (χ2v) is 5.90. The molecule has 1 aromatic rings. The quantitative estimate of drug-likeness (QED) is 0.816. The fourth-order valence-electron chi connectivity index (χ4n) is 1.68. The average molecular weight is 296 g/mol. The summed E-state index contributed by atoms with van der Waals surface area (Å²) in [4.78, 5) is 14.3. The molecule has 3 nitrogen and oxygen atoms in total. The molecule has 0 aromatic heterocycles. The third-order valence-corrected chi connectivity index (χ3v) is 4.11. The number of hydrogen-bond acceptors (Lipinski definition) is 3.